The number of carbonyl (C=O) groups is 1. The largest absolute Gasteiger partial charge is 0.350 e. The molecule has 0 aliphatic heterocycles. The zero-order valence-corrected chi connectivity index (χ0v) is 15.6. The second-order valence-electron chi connectivity index (χ2n) is 6.49. The lowest BCUT2D eigenvalue weighted by Gasteiger charge is -2.10. The summed E-state index contributed by atoms with van der Waals surface area (Å²) in [4.78, 5) is 31.9. The van der Waals surface area contributed by atoms with E-state index >= 15 is 0 Å². The van der Waals surface area contributed by atoms with Crippen molar-refractivity contribution >= 4 is 22.6 Å². The minimum atomic E-state index is -0.507. The Hall–Kier alpha value is -4.01. The van der Waals surface area contributed by atoms with Crippen LogP contribution in [0.5, 0.6) is 0 Å². The molecule has 9 heteroatoms. The van der Waals surface area contributed by atoms with E-state index in [0.29, 0.717) is 18.8 Å². The van der Waals surface area contributed by atoms with Crippen molar-refractivity contribution in [3.05, 3.63) is 82.7 Å². The van der Waals surface area contributed by atoms with Gasteiger partial charge < -0.3 is 14.5 Å². The van der Waals surface area contributed by atoms with Gasteiger partial charge in [0.25, 0.3) is 11.6 Å². The molecule has 2 aromatic heterocycles. The molecule has 1 N–H and O–H groups in total. The topological polar surface area (TPSA) is 108 Å². The number of benzene rings is 2. The number of aromatic nitrogens is 4. The van der Waals surface area contributed by atoms with Crippen molar-refractivity contribution in [1.82, 2.24) is 24.4 Å². The first-order valence-corrected chi connectivity index (χ1v) is 9.01. The molecule has 146 valence electrons. The Labute approximate surface area is 165 Å². The lowest BCUT2D eigenvalue weighted by molar-refractivity contribution is -0.384. The summed E-state index contributed by atoms with van der Waals surface area (Å²) in [6, 6.07) is 12.2. The van der Waals surface area contributed by atoms with Crippen LogP contribution in [0.4, 0.5) is 5.69 Å². The van der Waals surface area contributed by atoms with Crippen LogP contribution in [0.1, 0.15) is 16.2 Å². The zero-order chi connectivity index (χ0) is 20.4. The smallest absolute Gasteiger partial charge is 0.294 e. The Balaban J connectivity index is 1.49. The number of amides is 1. The van der Waals surface area contributed by atoms with Gasteiger partial charge in [-0.3, -0.25) is 14.9 Å². The van der Waals surface area contributed by atoms with Gasteiger partial charge in [-0.25, -0.2) is 9.97 Å². The molecule has 0 saturated heterocycles. The zero-order valence-electron chi connectivity index (χ0n) is 15.6. The predicted octanol–water partition coefficient (Wildman–Crippen LogP) is 2.87. The summed E-state index contributed by atoms with van der Waals surface area (Å²) in [6.07, 6.45) is 4.62. The van der Waals surface area contributed by atoms with Gasteiger partial charge in [0.05, 0.1) is 22.3 Å². The van der Waals surface area contributed by atoms with Crippen LogP contribution in [0.3, 0.4) is 0 Å². The molecule has 29 heavy (non-hydrogen) atoms. The number of nitrogens with one attached hydrogen (secondary N) is 1. The van der Waals surface area contributed by atoms with Crippen molar-refractivity contribution in [2.75, 3.05) is 6.54 Å². The van der Waals surface area contributed by atoms with Crippen LogP contribution in [0.25, 0.3) is 16.7 Å². The van der Waals surface area contributed by atoms with Gasteiger partial charge in [0.15, 0.2) is 0 Å². The van der Waals surface area contributed by atoms with Crippen LogP contribution in [0.15, 0.2) is 61.2 Å². The quantitative estimate of drug-likeness (QED) is 0.402. The number of rotatable bonds is 6. The van der Waals surface area contributed by atoms with Gasteiger partial charge in [-0.2, -0.15) is 0 Å². The maximum atomic E-state index is 12.5. The van der Waals surface area contributed by atoms with Crippen molar-refractivity contribution < 1.29 is 9.72 Å². The number of carbonyl (C=O) groups excluding carboxylic acids is 1. The number of para-hydroxylation sites is 2. The number of nitro groups is 1. The molecule has 0 atom stereocenters. The highest BCUT2D eigenvalue weighted by Gasteiger charge is 2.18. The molecule has 1 amide bonds. The Bertz CT molecular complexity index is 1200. The maximum absolute atomic E-state index is 12.5. The Kier molecular flexibility index (Phi) is 4.78. The molecule has 0 unspecified atom stereocenters. The second-order valence-corrected chi connectivity index (χ2v) is 6.49. The van der Waals surface area contributed by atoms with E-state index in [1.54, 1.807) is 18.3 Å². The van der Waals surface area contributed by atoms with E-state index in [4.69, 9.17) is 0 Å². The molecular weight excluding hydrogens is 372 g/mol. The van der Waals surface area contributed by atoms with Crippen molar-refractivity contribution in [1.29, 1.82) is 0 Å². The summed E-state index contributed by atoms with van der Waals surface area (Å²) < 4.78 is 3.56. The number of nitrogens with zero attached hydrogens (tertiary/aromatic N) is 5. The van der Waals surface area contributed by atoms with Crippen molar-refractivity contribution in [2.24, 2.45) is 0 Å². The third-order valence-electron chi connectivity index (χ3n) is 4.68. The highest BCUT2D eigenvalue weighted by Crippen LogP contribution is 2.24. The Morgan fingerprint density at radius 3 is 2.83 bits per heavy atom. The average molecular weight is 390 g/mol. The monoisotopic (exact) mass is 390 g/mol. The molecule has 2 heterocycles. The number of aryl methyl sites for hydroxylation is 1. The van der Waals surface area contributed by atoms with Gasteiger partial charge >= 0.3 is 0 Å². The van der Waals surface area contributed by atoms with Crippen LogP contribution in [-0.4, -0.2) is 36.5 Å². The number of imidazole rings is 2. The third kappa shape index (κ3) is 3.57. The third-order valence-corrected chi connectivity index (χ3v) is 4.68. The SMILES string of the molecule is Cc1nc2ccccc2n1CCNC(=O)c1ccc(-n2ccnc2)c([N+](=O)[O-])c1. The molecule has 0 spiro atoms. The van der Waals surface area contributed by atoms with E-state index in [-0.39, 0.29) is 17.2 Å². The molecule has 4 aromatic rings. The van der Waals surface area contributed by atoms with Crippen LogP contribution in [0.2, 0.25) is 0 Å². The summed E-state index contributed by atoms with van der Waals surface area (Å²) in [5.74, 6) is 0.494. The fourth-order valence-electron chi connectivity index (χ4n) is 3.29. The first-order valence-electron chi connectivity index (χ1n) is 9.01. The number of hydrogen-bond acceptors (Lipinski definition) is 5. The summed E-state index contributed by atoms with van der Waals surface area (Å²) >= 11 is 0. The standard InChI is InChI=1S/C20H18N6O3/c1-14-23-16-4-2-3-5-17(16)25(14)11-9-22-20(27)15-6-7-18(19(12-15)26(28)29)24-10-8-21-13-24/h2-8,10,12-13H,9,11H2,1H3,(H,22,27). The van der Waals surface area contributed by atoms with Crippen LogP contribution >= 0.6 is 0 Å². The molecule has 2 aromatic carbocycles. The predicted molar refractivity (Wildman–Crippen MR) is 107 cm³/mol. The minimum Gasteiger partial charge on any atom is -0.350 e. The van der Waals surface area contributed by atoms with Crippen molar-refractivity contribution in [3.8, 4) is 5.69 Å². The lowest BCUT2D eigenvalue weighted by atomic mass is 10.1. The molecule has 0 radical (unpaired) electrons. The summed E-state index contributed by atoms with van der Waals surface area (Å²) in [6.45, 7) is 2.84. The van der Waals surface area contributed by atoms with E-state index in [1.165, 1.54) is 23.2 Å². The summed E-state index contributed by atoms with van der Waals surface area (Å²) in [5, 5.41) is 14.3. The first kappa shape index (κ1) is 18.4. The first-order chi connectivity index (χ1) is 14.0. The Morgan fingerprint density at radius 2 is 2.07 bits per heavy atom. The molecule has 0 aliphatic carbocycles. The fraction of sp³-hybridized carbons (Fsp3) is 0.150. The normalized spacial score (nSPS) is 10.9. The van der Waals surface area contributed by atoms with Crippen molar-refractivity contribution in [2.45, 2.75) is 13.5 Å². The molecule has 0 saturated carbocycles. The van der Waals surface area contributed by atoms with E-state index < -0.39 is 4.92 Å². The second kappa shape index (κ2) is 7.55. The maximum Gasteiger partial charge on any atom is 0.294 e. The van der Waals surface area contributed by atoms with Gasteiger partial charge in [0.1, 0.15) is 11.5 Å². The summed E-state index contributed by atoms with van der Waals surface area (Å²) in [7, 11) is 0. The number of fused-ring (bicyclic) bond motifs is 1. The van der Waals surface area contributed by atoms with Crippen LogP contribution < -0.4 is 5.32 Å². The van der Waals surface area contributed by atoms with E-state index in [1.807, 2.05) is 35.8 Å². The van der Waals surface area contributed by atoms with E-state index in [2.05, 4.69) is 15.3 Å². The van der Waals surface area contributed by atoms with Gasteiger partial charge in [0, 0.05) is 37.1 Å². The van der Waals surface area contributed by atoms with E-state index in [0.717, 1.165) is 16.9 Å². The average Bonchev–Trinajstić information content (AvgIpc) is 3.35. The highest BCUT2D eigenvalue weighted by atomic mass is 16.6. The number of hydrogen-bond donors (Lipinski definition) is 1. The molecule has 0 bridgehead atoms. The highest BCUT2D eigenvalue weighted by molar-refractivity contribution is 5.95. The van der Waals surface area contributed by atoms with Crippen LogP contribution in [0, 0.1) is 17.0 Å². The summed E-state index contributed by atoms with van der Waals surface area (Å²) in [5.41, 5.74) is 2.33. The molecule has 0 aliphatic rings. The number of nitro benzene ring substituents is 1. The fourth-order valence-corrected chi connectivity index (χ4v) is 3.29. The van der Waals surface area contributed by atoms with Gasteiger partial charge in [-0.05, 0) is 31.2 Å². The van der Waals surface area contributed by atoms with Gasteiger partial charge in [-0.15, -0.1) is 0 Å². The van der Waals surface area contributed by atoms with Gasteiger partial charge in [0.2, 0.25) is 0 Å². The Morgan fingerprint density at radius 1 is 1.24 bits per heavy atom. The van der Waals surface area contributed by atoms with Crippen LogP contribution in [-0.2, 0) is 6.54 Å². The van der Waals surface area contributed by atoms with E-state index in [9.17, 15) is 14.9 Å². The molecule has 9 nitrogen and oxygen atoms in total. The minimum absolute atomic E-state index is 0.160. The lowest BCUT2D eigenvalue weighted by Crippen LogP contribution is -2.27. The molecule has 0 fully saturated rings. The van der Waals surface area contributed by atoms with Gasteiger partial charge in [-0.1, -0.05) is 12.1 Å². The van der Waals surface area contributed by atoms with Crippen molar-refractivity contribution in [3.63, 3.8) is 0 Å². The molecular formula is C20H18N6O3. The molecule has 4 rings (SSSR count).